The van der Waals surface area contributed by atoms with Gasteiger partial charge in [0.15, 0.2) is 17.2 Å². The lowest BCUT2D eigenvalue weighted by Crippen LogP contribution is -2.55. The molecule has 5 heterocycles. The van der Waals surface area contributed by atoms with Gasteiger partial charge in [-0.1, -0.05) is 25.6 Å². The van der Waals surface area contributed by atoms with Crippen molar-refractivity contribution < 1.29 is 27.1 Å². The number of pyridine rings is 3. The molecule has 1 aliphatic rings. The van der Waals surface area contributed by atoms with E-state index in [1.165, 1.54) is 16.7 Å². The van der Waals surface area contributed by atoms with Gasteiger partial charge in [0, 0.05) is 43.0 Å². The number of aryl methyl sites for hydroxylation is 1. The first-order chi connectivity index (χ1) is 22.0. The van der Waals surface area contributed by atoms with E-state index in [1.807, 2.05) is 20.8 Å². The summed E-state index contributed by atoms with van der Waals surface area (Å²) in [5, 5.41) is -0.207. The van der Waals surface area contributed by atoms with Gasteiger partial charge in [0.25, 0.3) is 0 Å². The number of alkyl halides is 3. The van der Waals surface area contributed by atoms with Gasteiger partial charge in [-0.15, -0.1) is 0 Å². The molecule has 0 saturated carbocycles. The zero-order valence-electron chi connectivity index (χ0n) is 27.0. The summed E-state index contributed by atoms with van der Waals surface area (Å²) in [6.45, 7) is 13.5. The number of fused-ring (bicyclic) bond motifs is 1. The van der Waals surface area contributed by atoms with E-state index in [4.69, 9.17) is 4.74 Å². The molecular formula is C32H35F4N7O3S. The molecule has 0 aromatic carbocycles. The molecule has 5 rings (SSSR count). The Balaban J connectivity index is 1.70. The number of carbonyl (C=O) groups is 1. The van der Waals surface area contributed by atoms with Gasteiger partial charge in [0.2, 0.25) is 0 Å². The van der Waals surface area contributed by atoms with Gasteiger partial charge in [0.05, 0.1) is 16.8 Å². The van der Waals surface area contributed by atoms with Crippen LogP contribution in [0.25, 0.3) is 16.7 Å². The third-order valence-corrected chi connectivity index (χ3v) is 8.52. The number of ether oxygens (including phenoxy) is 1. The molecule has 0 spiro atoms. The van der Waals surface area contributed by atoms with Gasteiger partial charge in [-0.3, -0.25) is 9.97 Å². The minimum absolute atomic E-state index is 0.00104. The zero-order valence-corrected chi connectivity index (χ0v) is 27.8. The quantitative estimate of drug-likeness (QED) is 0.213. The van der Waals surface area contributed by atoms with Crippen molar-refractivity contribution in [3.05, 3.63) is 69.9 Å². The van der Waals surface area contributed by atoms with Crippen LogP contribution < -0.4 is 10.6 Å². The molecule has 4 aromatic heterocycles. The molecule has 47 heavy (non-hydrogen) atoms. The van der Waals surface area contributed by atoms with E-state index in [0.29, 0.717) is 28.7 Å². The highest BCUT2D eigenvalue weighted by Crippen LogP contribution is 2.40. The number of piperazine rings is 1. The van der Waals surface area contributed by atoms with Crippen LogP contribution >= 0.6 is 11.8 Å². The Morgan fingerprint density at radius 1 is 1.09 bits per heavy atom. The maximum atomic E-state index is 15.9. The molecule has 1 amide bonds. The van der Waals surface area contributed by atoms with Crippen LogP contribution in [0.5, 0.6) is 0 Å². The van der Waals surface area contributed by atoms with Crippen molar-refractivity contribution in [2.24, 2.45) is 0 Å². The summed E-state index contributed by atoms with van der Waals surface area (Å²) in [7, 11) is 0. The van der Waals surface area contributed by atoms with E-state index in [2.05, 4.69) is 19.9 Å². The van der Waals surface area contributed by atoms with Crippen molar-refractivity contribution in [2.45, 2.75) is 82.1 Å². The summed E-state index contributed by atoms with van der Waals surface area (Å²) in [5.41, 5.74) is -0.940. The Morgan fingerprint density at radius 2 is 1.81 bits per heavy atom. The number of halogens is 4. The molecule has 10 nitrogen and oxygen atoms in total. The summed E-state index contributed by atoms with van der Waals surface area (Å²) < 4.78 is 64.0. The number of carbonyl (C=O) groups excluding carboxylic acids is 1. The summed E-state index contributed by atoms with van der Waals surface area (Å²) >= 11 is 0.465. The monoisotopic (exact) mass is 673 g/mol. The number of anilines is 1. The Labute approximate surface area is 273 Å². The fourth-order valence-electron chi connectivity index (χ4n) is 5.42. The van der Waals surface area contributed by atoms with Crippen LogP contribution in [-0.2, 0) is 10.9 Å². The highest BCUT2D eigenvalue weighted by Gasteiger charge is 2.36. The topological polar surface area (TPSA) is 106 Å². The highest BCUT2D eigenvalue weighted by molar-refractivity contribution is 7.99. The first-order valence-corrected chi connectivity index (χ1v) is 15.8. The lowest BCUT2D eigenvalue weighted by atomic mass is 10.0. The number of nitrogens with zero attached hydrogens (tertiary/aromatic N) is 7. The third-order valence-electron chi connectivity index (χ3n) is 7.49. The van der Waals surface area contributed by atoms with E-state index in [-0.39, 0.29) is 58.4 Å². The third kappa shape index (κ3) is 7.04. The molecule has 0 radical (unpaired) electrons. The standard InChI is InChI=1S/C32H35F4N7O3S/c1-17(2)23-24(18(3)10-12-37-23)43-27-20(15-21(33)28(39-27)47-22-9-8-11-38-25(22)32(34,35)36)26(40-29(43)44)42-14-13-41(16-19(42)4)30(45)46-31(5,6)7/h8-12,15,17,19H,13-14,16H2,1-7H3/t19-/m0/s1. The second-order valence-electron chi connectivity index (χ2n) is 12.6. The molecule has 1 atom stereocenters. The summed E-state index contributed by atoms with van der Waals surface area (Å²) in [5.74, 6) is -0.892. The fourth-order valence-corrected chi connectivity index (χ4v) is 6.33. The van der Waals surface area contributed by atoms with Crippen molar-refractivity contribution >= 4 is 34.7 Å². The Morgan fingerprint density at radius 3 is 2.45 bits per heavy atom. The van der Waals surface area contributed by atoms with Gasteiger partial charge < -0.3 is 14.5 Å². The number of hydrogen-bond acceptors (Lipinski definition) is 9. The maximum absolute atomic E-state index is 15.9. The predicted octanol–water partition coefficient (Wildman–Crippen LogP) is 6.76. The molecule has 0 N–H and O–H groups in total. The SMILES string of the molecule is Cc1ccnc(C(C)C)c1-n1c(=O)nc(N2CCN(C(=O)OC(C)(C)C)C[C@@H]2C)c2cc(F)c(Sc3cccnc3C(F)(F)F)nc21. The summed E-state index contributed by atoms with van der Waals surface area (Å²) in [4.78, 5) is 46.7. The normalized spacial score (nSPS) is 15.9. The van der Waals surface area contributed by atoms with Crippen LogP contribution in [-0.4, -0.2) is 66.8 Å². The molecular weight excluding hydrogens is 638 g/mol. The average Bonchev–Trinajstić information content (AvgIpc) is 2.97. The fraction of sp³-hybridized carbons (Fsp3) is 0.438. The molecule has 15 heteroatoms. The van der Waals surface area contributed by atoms with Gasteiger partial charge >= 0.3 is 18.0 Å². The number of rotatable bonds is 5. The first-order valence-electron chi connectivity index (χ1n) is 15.0. The zero-order chi connectivity index (χ0) is 34.4. The van der Waals surface area contributed by atoms with Crippen LogP contribution in [0.1, 0.15) is 64.4 Å². The molecule has 0 aliphatic carbocycles. The molecule has 0 unspecified atom stereocenters. The van der Waals surface area contributed by atoms with Crippen LogP contribution in [0.15, 0.2) is 51.4 Å². The van der Waals surface area contributed by atoms with Crippen LogP contribution in [0.4, 0.5) is 28.2 Å². The van der Waals surface area contributed by atoms with Gasteiger partial charge in [-0.05, 0) is 70.4 Å². The molecule has 4 aromatic rings. The van der Waals surface area contributed by atoms with Gasteiger partial charge in [-0.25, -0.2) is 23.5 Å². The van der Waals surface area contributed by atoms with Crippen molar-refractivity contribution in [1.29, 1.82) is 0 Å². The average molecular weight is 674 g/mol. The smallest absolute Gasteiger partial charge is 0.434 e. The van der Waals surface area contributed by atoms with E-state index < -0.39 is 35.1 Å². The van der Waals surface area contributed by atoms with Crippen molar-refractivity contribution in [2.75, 3.05) is 24.5 Å². The summed E-state index contributed by atoms with van der Waals surface area (Å²) in [6.07, 6.45) is -2.64. The van der Waals surface area contributed by atoms with Crippen molar-refractivity contribution in [3.63, 3.8) is 0 Å². The molecule has 1 aliphatic heterocycles. The lowest BCUT2D eigenvalue weighted by molar-refractivity contribution is -0.143. The number of amides is 1. The van der Waals surface area contributed by atoms with Crippen LogP contribution in [0, 0.1) is 12.7 Å². The van der Waals surface area contributed by atoms with E-state index in [1.54, 1.807) is 49.8 Å². The number of hydrogen-bond donors (Lipinski definition) is 0. The van der Waals surface area contributed by atoms with Crippen LogP contribution in [0.3, 0.4) is 0 Å². The Kier molecular flexibility index (Phi) is 9.23. The Hall–Kier alpha value is -4.27. The number of aromatic nitrogens is 5. The second-order valence-corrected chi connectivity index (χ2v) is 13.7. The lowest BCUT2D eigenvalue weighted by Gasteiger charge is -2.41. The minimum Gasteiger partial charge on any atom is -0.444 e. The van der Waals surface area contributed by atoms with Crippen molar-refractivity contribution in [3.8, 4) is 5.69 Å². The van der Waals surface area contributed by atoms with Crippen LogP contribution in [0.2, 0.25) is 0 Å². The van der Waals surface area contributed by atoms with E-state index in [0.717, 1.165) is 12.3 Å². The van der Waals surface area contributed by atoms with Gasteiger partial charge in [-0.2, -0.15) is 18.2 Å². The minimum atomic E-state index is -4.79. The molecule has 1 fully saturated rings. The van der Waals surface area contributed by atoms with E-state index >= 15 is 4.39 Å². The molecule has 1 saturated heterocycles. The molecule has 250 valence electrons. The van der Waals surface area contributed by atoms with Crippen molar-refractivity contribution in [1.82, 2.24) is 29.4 Å². The highest BCUT2D eigenvalue weighted by atomic mass is 32.2. The van der Waals surface area contributed by atoms with E-state index in [9.17, 15) is 22.8 Å². The summed E-state index contributed by atoms with van der Waals surface area (Å²) in [6, 6.07) is 5.00. The molecule has 0 bridgehead atoms. The largest absolute Gasteiger partial charge is 0.444 e. The Bertz CT molecular complexity index is 1890. The second kappa shape index (κ2) is 12.7. The first kappa shape index (κ1) is 34.1. The van der Waals surface area contributed by atoms with Gasteiger partial charge in [0.1, 0.15) is 16.4 Å². The predicted molar refractivity (Wildman–Crippen MR) is 170 cm³/mol. The maximum Gasteiger partial charge on any atom is 0.434 e.